The van der Waals surface area contributed by atoms with Crippen molar-refractivity contribution in [1.29, 1.82) is 0 Å². The van der Waals surface area contributed by atoms with Gasteiger partial charge in [0.15, 0.2) is 11.6 Å². The van der Waals surface area contributed by atoms with Crippen LogP contribution < -0.4 is 5.32 Å². The first-order chi connectivity index (χ1) is 9.80. The topological polar surface area (TPSA) is 29.1 Å². The highest BCUT2D eigenvalue weighted by molar-refractivity contribution is 6.30. The summed E-state index contributed by atoms with van der Waals surface area (Å²) >= 11 is 5.93. The predicted octanol–water partition coefficient (Wildman–Crippen LogP) is 4.53. The molecule has 21 heavy (non-hydrogen) atoms. The smallest absolute Gasteiger partial charge is 0.234 e. The summed E-state index contributed by atoms with van der Waals surface area (Å²) in [7, 11) is 0. The summed E-state index contributed by atoms with van der Waals surface area (Å²) in [4.78, 5) is 12.4. The third-order valence-corrected chi connectivity index (χ3v) is 3.53. The summed E-state index contributed by atoms with van der Waals surface area (Å²) in [6, 6.07) is 10.2. The van der Waals surface area contributed by atoms with Gasteiger partial charge in [-0.05, 0) is 43.7 Å². The molecule has 1 amide bonds. The Morgan fingerprint density at radius 3 is 2.43 bits per heavy atom. The molecule has 0 atom stereocenters. The maximum absolute atomic E-state index is 13.2. The molecule has 0 aliphatic heterocycles. The van der Waals surface area contributed by atoms with E-state index in [0.717, 1.165) is 17.7 Å². The van der Waals surface area contributed by atoms with Crippen LogP contribution in [-0.2, 0) is 10.2 Å². The summed E-state index contributed by atoms with van der Waals surface area (Å²) in [6.45, 7) is 3.46. The number of hydrogen-bond donors (Lipinski definition) is 1. The van der Waals surface area contributed by atoms with E-state index in [1.54, 1.807) is 38.1 Å². The molecule has 0 saturated heterocycles. The van der Waals surface area contributed by atoms with Crippen molar-refractivity contribution in [2.45, 2.75) is 19.3 Å². The molecule has 0 radical (unpaired) electrons. The second-order valence-corrected chi connectivity index (χ2v) is 5.65. The van der Waals surface area contributed by atoms with Crippen molar-refractivity contribution in [2.24, 2.45) is 0 Å². The highest BCUT2D eigenvalue weighted by atomic mass is 35.5. The zero-order valence-electron chi connectivity index (χ0n) is 11.6. The van der Waals surface area contributed by atoms with E-state index in [0.29, 0.717) is 5.02 Å². The summed E-state index contributed by atoms with van der Waals surface area (Å²) in [6.07, 6.45) is 0. The fraction of sp³-hybridized carbons (Fsp3) is 0.188. The van der Waals surface area contributed by atoms with Crippen LogP contribution >= 0.6 is 11.6 Å². The fourth-order valence-corrected chi connectivity index (χ4v) is 2.06. The largest absolute Gasteiger partial charge is 0.325 e. The first-order valence-electron chi connectivity index (χ1n) is 6.33. The van der Waals surface area contributed by atoms with Gasteiger partial charge in [0.2, 0.25) is 5.91 Å². The average Bonchev–Trinajstić information content (AvgIpc) is 2.43. The van der Waals surface area contributed by atoms with Crippen molar-refractivity contribution in [2.75, 3.05) is 5.32 Å². The van der Waals surface area contributed by atoms with Crippen LogP contribution in [0.4, 0.5) is 14.5 Å². The van der Waals surface area contributed by atoms with Crippen molar-refractivity contribution < 1.29 is 13.6 Å². The van der Waals surface area contributed by atoms with Crippen LogP contribution in [-0.4, -0.2) is 5.91 Å². The molecule has 0 aliphatic rings. The van der Waals surface area contributed by atoms with Crippen molar-refractivity contribution in [3.63, 3.8) is 0 Å². The van der Waals surface area contributed by atoms with Gasteiger partial charge in [-0.15, -0.1) is 0 Å². The van der Waals surface area contributed by atoms with E-state index in [2.05, 4.69) is 5.32 Å². The first kappa shape index (κ1) is 15.4. The molecular formula is C16H14ClF2NO. The van der Waals surface area contributed by atoms with Crippen LogP contribution in [0.15, 0.2) is 42.5 Å². The van der Waals surface area contributed by atoms with E-state index in [9.17, 15) is 13.6 Å². The molecule has 5 heteroatoms. The Kier molecular flexibility index (Phi) is 4.28. The van der Waals surface area contributed by atoms with Gasteiger partial charge in [-0.3, -0.25) is 4.79 Å². The molecule has 2 rings (SSSR count). The van der Waals surface area contributed by atoms with Gasteiger partial charge in [-0.1, -0.05) is 23.7 Å². The van der Waals surface area contributed by atoms with E-state index < -0.39 is 17.0 Å². The number of hydrogen-bond acceptors (Lipinski definition) is 1. The molecule has 0 unspecified atom stereocenters. The van der Waals surface area contributed by atoms with Gasteiger partial charge in [0, 0.05) is 16.8 Å². The Hall–Kier alpha value is -1.94. The third-order valence-electron chi connectivity index (χ3n) is 3.29. The molecule has 0 spiro atoms. The highest BCUT2D eigenvalue weighted by Crippen LogP contribution is 2.27. The Morgan fingerprint density at radius 2 is 1.81 bits per heavy atom. The number of anilines is 1. The summed E-state index contributed by atoms with van der Waals surface area (Å²) in [5.41, 5.74) is 0.0690. The lowest BCUT2D eigenvalue weighted by molar-refractivity contribution is -0.120. The van der Waals surface area contributed by atoms with Crippen molar-refractivity contribution in [3.05, 3.63) is 64.7 Å². The zero-order valence-corrected chi connectivity index (χ0v) is 12.3. The van der Waals surface area contributed by atoms with Gasteiger partial charge >= 0.3 is 0 Å². The van der Waals surface area contributed by atoms with E-state index in [1.165, 1.54) is 6.07 Å². The highest BCUT2D eigenvalue weighted by Gasteiger charge is 2.30. The fourth-order valence-electron chi connectivity index (χ4n) is 1.87. The van der Waals surface area contributed by atoms with Crippen LogP contribution in [0.25, 0.3) is 0 Å². The number of rotatable bonds is 3. The molecule has 0 saturated carbocycles. The maximum Gasteiger partial charge on any atom is 0.234 e. The number of nitrogens with one attached hydrogen (secondary N) is 1. The lowest BCUT2D eigenvalue weighted by Crippen LogP contribution is -2.34. The van der Waals surface area contributed by atoms with Gasteiger partial charge in [0.05, 0.1) is 5.41 Å². The summed E-state index contributed by atoms with van der Waals surface area (Å²) in [5.74, 6) is -2.30. The molecule has 0 aromatic heterocycles. The van der Waals surface area contributed by atoms with Gasteiger partial charge in [0.25, 0.3) is 0 Å². The molecule has 2 aromatic carbocycles. The van der Waals surface area contributed by atoms with Gasteiger partial charge in [-0.25, -0.2) is 8.78 Å². The Labute approximate surface area is 126 Å². The summed E-state index contributed by atoms with van der Waals surface area (Å²) in [5, 5.41) is 3.11. The minimum Gasteiger partial charge on any atom is -0.325 e. The molecule has 1 N–H and O–H groups in total. The second kappa shape index (κ2) is 5.82. The van der Waals surface area contributed by atoms with Crippen LogP contribution in [0.1, 0.15) is 19.4 Å². The van der Waals surface area contributed by atoms with Gasteiger partial charge < -0.3 is 5.32 Å². The van der Waals surface area contributed by atoms with Crippen LogP contribution in [0.2, 0.25) is 5.02 Å². The lowest BCUT2D eigenvalue weighted by atomic mass is 9.83. The van der Waals surface area contributed by atoms with Crippen molar-refractivity contribution >= 4 is 23.2 Å². The number of halogens is 3. The van der Waals surface area contributed by atoms with E-state index in [1.807, 2.05) is 0 Å². The Morgan fingerprint density at radius 1 is 1.10 bits per heavy atom. The lowest BCUT2D eigenvalue weighted by Gasteiger charge is -2.24. The third kappa shape index (κ3) is 3.39. The first-order valence-corrected chi connectivity index (χ1v) is 6.71. The Balaban J connectivity index is 2.24. The molecular weight excluding hydrogens is 296 g/mol. The molecule has 2 aromatic rings. The van der Waals surface area contributed by atoms with Crippen molar-refractivity contribution in [3.8, 4) is 0 Å². The summed E-state index contributed by atoms with van der Waals surface area (Å²) < 4.78 is 26.0. The molecule has 110 valence electrons. The molecule has 0 fully saturated rings. The van der Waals surface area contributed by atoms with E-state index in [-0.39, 0.29) is 11.6 Å². The Bertz CT molecular complexity index is 686. The monoisotopic (exact) mass is 309 g/mol. The predicted molar refractivity (Wildman–Crippen MR) is 79.5 cm³/mol. The number of amides is 1. The second-order valence-electron chi connectivity index (χ2n) is 5.22. The van der Waals surface area contributed by atoms with Crippen LogP contribution in [0.3, 0.4) is 0 Å². The minimum absolute atomic E-state index is 0.203. The van der Waals surface area contributed by atoms with Crippen LogP contribution in [0, 0.1) is 11.6 Å². The molecule has 2 nitrogen and oxygen atoms in total. The van der Waals surface area contributed by atoms with E-state index >= 15 is 0 Å². The van der Waals surface area contributed by atoms with Crippen molar-refractivity contribution in [1.82, 2.24) is 0 Å². The number of carbonyl (C=O) groups excluding carboxylic acids is 1. The van der Waals surface area contributed by atoms with E-state index in [4.69, 9.17) is 11.6 Å². The standard InChI is InChI=1S/C16H14ClF2NO/c1-16(2,10-4-3-5-11(17)8-10)15(21)20-12-6-7-13(18)14(19)9-12/h3-9H,1-2H3,(H,20,21). The molecule has 0 heterocycles. The van der Waals surface area contributed by atoms with Crippen LogP contribution in [0.5, 0.6) is 0 Å². The molecule has 0 bridgehead atoms. The van der Waals surface area contributed by atoms with Gasteiger partial charge in [-0.2, -0.15) is 0 Å². The van der Waals surface area contributed by atoms with Gasteiger partial charge in [0.1, 0.15) is 0 Å². The quantitative estimate of drug-likeness (QED) is 0.886. The average molecular weight is 310 g/mol. The number of carbonyl (C=O) groups is 1. The molecule has 0 aliphatic carbocycles. The normalized spacial score (nSPS) is 11.3. The zero-order chi connectivity index (χ0) is 15.6. The minimum atomic E-state index is -1.01. The SMILES string of the molecule is CC(C)(C(=O)Nc1ccc(F)c(F)c1)c1cccc(Cl)c1. The number of benzene rings is 2. The maximum atomic E-state index is 13.2.